The van der Waals surface area contributed by atoms with E-state index in [2.05, 4.69) is 5.10 Å². The fraction of sp³-hybridized carbons (Fsp3) is 0.481. The van der Waals surface area contributed by atoms with Gasteiger partial charge in [0.05, 0.1) is 6.04 Å². The Morgan fingerprint density at radius 3 is 2.37 bits per heavy atom. The van der Waals surface area contributed by atoms with Crippen LogP contribution in [0.2, 0.25) is 5.02 Å². The van der Waals surface area contributed by atoms with Crippen molar-refractivity contribution < 1.29 is 22.4 Å². The van der Waals surface area contributed by atoms with Crippen molar-refractivity contribution in [3.8, 4) is 0 Å². The smallest absolute Gasteiger partial charge is 0.243 e. The summed E-state index contributed by atoms with van der Waals surface area (Å²) in [6, 6.07) is 6.74. The van der Waals surface area contributed by atoms with E-state index < -0.39 is 29.7 Å². The number of nitrogens with zero attached hydrogens (tertiary/aromatic N) is 2. The van der Waals surface area contributed by atoms with Gasteiger partial charge in [0.15, 0.2) is 0 Å². The SMILES string of the molecule is O=C(CCCCCC12CC(C(F)c3cc(F)cc(Cl)c3)(C1)C2)N1N=CCC1c1cc(F)cc(F)c1. The van der Waals surface area contributed by atoms with Crippen LogP contribution in [-0.2, 0) is 4.79 Å². The Bertz CT molecular complexity index is 1110. The Labute approximate surface area is 207 Å². The standard InChI is InChI=1S/C27H27ClF4N2O/c28-19-8-18(11-20(29)12-19)25(32)27-14-26(15-27,16-27)6-3-1-2-4-24(35)34-23(5-7-33-34)17-9-21(30)13-22(31)10-17/h7-13,23,25H,1-6,14-16H2. The fourth-order valence-electron chi connectivity index (χ4n) is 6.46. The molecule has 4 aliphatic rings. The molecule has 0 spiro atoms. The van der Waals surface area contributed by atoms with Gasteiger partial charge in [0.2, 0.25) is 5.91 Å². The highest BCUT2D eigenvalue weighted by molar-refractivity contribution is 6.30. The van der Waals surface area contributed by atoms with E-state index in [4.69, 9.17) is 11.6 Å². The van der Waals surface area contributed by atoms with Gasteiger partial charge in [-0.25, -0.2) is 22.6 Å². The molecule has 2 atom stereocenters. The molecule has 0 aromatic heterocycles. The molecule has 3 saturated carbocycles. The Hall–Kier alpha value is -2.41. The van der Waals surface area contributed by atoms with Gasteiger partial charge in [-0.05, 0) is 79.0 Å². The van der Waals surface area contributed by atoms with Gasteiger partial charge in [-0.1, -0.05) is 24.4 Å². The Kier molecular flexibility index (Phi) is 6.41. The van der Waals surface area contributed by atoms with E-state index in [9.17, 15) is 18.0 Å². The summed E-state index contributed by atoms with van der Waals surface area (Å²) in [6.45, 7) is 0. The van der Waals surface area contributed by atoms with Crippen LogP contribution in [0.3, 0.4) is 0 Å². The molecule has 3 nitrogen and oxygen atoms in total. The first kappa shape index (κ1) is 24.3. The summed E-state index contributed by atoms with van der Waals surface area (Å²) in [4.78, 5) is 12.7. The lowest BCUT2D eigenvalue weighted by atomic mass is 9.32. The van der Waals surface area contributed by atoms with E-state index in [-0.39, 0.29) is 21.8 Å². The summed E-state index contributed by atoms with van der Waals surface area (Å²) >= 11 is 5.89. The first-order chi connectivity index (χ1) is 16.7. The number of unbranched alkanes of at least 4 members (excludes halogenated alkanes) is 2. The van der Waals surface area contributed by atoms with E-state index in [0.717, 1.165) is 44.6 Å². The molecule has 8 heteroatoms. The molecule has 0 radical (unpaired) electrons. The number of carbonyl (C=O) groups is 1. The highest BCUT2D eigenvalue weighted by atomic mass is 35.5. The molecule has 1 heterocycles. The maximum Gasteiger partial charge on any atom is 0.243 e. The summed E-state index contributed by atoms with van der Waals surface area (Å²) < 4.78 is 55.9. The number of hydrazone groups is 1. The van der Waals surface area contributed by atoms with E-state index in [0.29, 0.717) is 30.4 Å². The van der Waals surface area contributed by atoms with Crippen LogP contribution in [-0.4, -0.2) is 17.1 Å². The molecule has 186 valence electrons. The highest BCUT2D eigenvalue weighted by Gasteiger charge is 2.70. The number of benzene rings is 2. The Balaban J connectivity index is 1.05. The molecule has 2 unspecified atom stereocenters. The van der Waals surface area contributed by atoms with E-state index in [1.807, 2.05) is 0 Å². The summed E-state index contributed by atoms with van der Waals surface area (Å²) in [5, 5.41) is 5.67. The fourth-order valence-corrected chi connectivity index (χ4v) is 6.69. The largest absolute Gasteiger partial charge is 0.273 e. The number of halogens is 5. The average Bonchev–Trinajstić information content (AvgIpc) is 3.22. The lowest BCUT2D eigenvalue weighted by molar-refractivity contribution is -0.244. The van der Waals surface area contributed by atoms with Crippen molar-refractivity contribution in [2.75, 3.05) is 0 Å². The molecule has 2 aromatic carbocycles. The van der Waals surface area contributed by atoms with Gasteiger partial charge in [-0.2, -0.15) is 5.10 Å². The van der Waals surface area contributed by atoms with Crippen LogP contribution in [0.4, 0.5) is 17.6 Å². The number of hydrogen-bond donors (Lipinski definition) is 0. The van der Waals surface area contributed by atoms with Crippen molar-refractivity contribution in [2.24, 2.45) is 15.9 Å². The quantitative estimate of drug-likeness (QED) is 0.252. The van der Waals surface area contributed by atoms with E-state index in [1.165, 1.54) is 35.3 Å². The van der Waals surface area contributed by atoms with Crippen LogP contribution in [0.5, 0.6) is 0 Å². The van der Waals surface area contributed by atoms with Crippen LogP contribution < -0.4 is 0 Å². The van der Waals surface area contributed by atoms with Crippen LogP contribution >= 0.6 is 11.6 Å². The molecule has 2 aromatic rings. The van der Waals surface area contributed by atoms with Gasteiger partial charge in [0, 0.05) is 35.6 Å². The second-order valence-electron chi connectivity index (χ2n) is 10.5. The van der Waals surface area contributed by atoms with E-state index >= 15 is 4.39 Å². The van der Waals surface area contributed by atoms with Crippen LogP contribution in [0.1, 0.15) is 81.1 Å². The van der Waals surface area contributed by atoms with Crippen molar-refractivity contribution in [3.05, 3.63) is 70.0 Å². The highest BCUT2D eigenvalue weighted by Crippen LogP contribution is 2.79. The topological polar surface area (TPSA) is 32.7 Å². The summed E-state index contributed by atoms with van der Waals surface area (Å²) in [6.07, 6.45) is 7.08. The van der Waals surface area contributed by atoms with Crippen LogP contribution in [0.15, 0.2) is 41.5 Å². The van der Waals surface area contributed by atoms with Gasteiger partial charge in [-0.3, -0.25) is 4.79 Å². The molecular formula is C27H27ClF4N2O. The summed E-state index contributed by atoms with van der Waals surface area (Å²) in [5.41, 5.74) is 0.520. The monoisotopic (exact) mass is 506 g/mol. The molecule has 3 aliphatic carbocycles. The van der Waals surface area contributed by atoms with Crippen LogP contribution in [0, 0.1) is 28.3 Å². The summed E-state index contributed by atoms with van der Waals surface area (Å²) in [5.74, 6) is -2.02. The molecule has 0 N–H and O–H groups in total. The molecule has 1 amide bonds. The number of amides is 1. The minimum absolute atomic E-state index is 0.160. The molecule has 2 bridgehead atoms. The van der Waals surface area contributed by atoms with Crippen molar-refractivity contribution >= 4 is 23.7 Å². The second-order valence-corrected chi connectivity index (χ2v) is 10.9. The number of carbonyl (C=O) groups excluding carboxylic acids is 1. The van der Waals surface area contributed by atoms with Crippen LogP contribution in [0.25, 0.3) is 0 Å². The minimum Gasteiger partial charge on any atom is -0.273 e. The molecule has 6 rings (SSSR count). The summed E-state index contributed by atoms with van der Waals surface area (Å²) in [7, 11) is 0. The van der Waals surface area contributed by atoms with Gasteiger partial charge < -0.3 is 0 Å². The van der Waals surface area contributed by atoms with Gasteiger partial charge in [-0.15, -0.1) is 0 Å². The third-order valence-corrected chi connectivity index (χ3v) is 8.07. The molecule has 35 heavy (non-hydrogen) atoms. The zero-order valence-electron chi connectivity index (χ0n) is 19.3. The second kappa shape index (κ2) is 9.23. The predicted molar refractivity (Wildman–Crippen MR) is 126 cm³/mol. The van der Waals surface area contributed by atoms with Crippen molar-refractivity contribution in [2.45, 2.75) is 70.0 Å². The van der Waals surface area contributed by atoms with Gasteiger partial charge in [0.25, 0.3) is 0 Å². The lowest BCUT2D eigenvalue weighted by Gasteiger charge is -2.72. The molecule has 3 fully saturated rings. The average molecular weight is 507 g/mol. The maximum absolute atomic E-state index is 15.1. The number of alkyl halides is 1. The molecular weight excluding hydrogens is 480 g/mol. The number of hydrogen-bond acceptors (Lipinski definition) is 2. The third kappa shape index (κ3) is 4.72. The zero-order valence-corrected chi connectivity index (χ0v) is 20.0. The first-order valence-corrected chi connectivity index (χ1v) is 12.5. The van der Waals surface area contributed by atoms with Crippen molar-refractivity contribution in [3.63, 3.8) is 0 Å². The molecule has 0 saturated heterocycles. The maximum atomic E-state index is 15.1. The third-order valence-electron chi connectivity index (χ3n) is 7.85. The van der Waals surface area contributed by atoms with Gasteiger partial charge >= 0.3 is 0 Å². The lowest BCUT2D eigenvalue weighted by Crippen LogP contribution is -2.63. The van der Waals surface area contributed by atoms with Crippen molar-refractivity contribution in [1.82, 2.24) is 5.01 Å². The minimum atomic E-state index is -1.20. The normalized spacial score (nSPS) is 27.5. The van der Waals surface area contributed by atoms with Crippen molar-refractivity contribution in [1.29, 1.82) is 0 Å². The first-order valence-electron chi connectivity index (χ1n) is 12.1. The zero-order chi connectivity index (χ0) is 24.8. The predicted octanol–water partition coefficient (Wildman–Crippen LogP) is 7.85. The van der Waals surface area contributed by atoms with E-state index in [1.54, 1.807) is 6.21 Å². The Morgan fingerprint density at radius 1 is 1.00 bits per heavy atom. The number of rotatable bonds is 9. The molecule has 1 aliphatic heterocycles. The van der Waals surface area contributed by atoms with Gasteiger partial charge in [0.1, 0.15) is 23.6 Å². The Morgan fingerprint density at radius 2 is 1.69 bits per heavy atom.